The molecule has 0 unspecified atom stereocenters. The number of nitrogens with one attached hydrogen (secondary N) is 3. The van der Waals surface area contributed by atoms with Crippen molar-refractivity contribution in [2.45, 2.75) is 122 Å². The van der Waals surface area contributed by atoms with E-state index < -0.39 is 46.7 Å². The standard InChI is InChI=1S/C57H63Cl2FN6O7/c1-54(2,3)29-45-57(31-62-42-27-35(58)17-18-39(42)57)47(37-12-9-13-40(59)48(37)60)49(64-45)51(69)63-41-19-15-33(26-44(41)72-7)52(70)65-24-22-56(23-25-65)28-34(56)16-14-32-10-8-11-36-38(32)30-66(53(36)71)43(50(61)68)20-21-46(67)73-55(4,5)6/h8-13,15,17-19,26-27,34,43,45,47,49,62,64H,20-25,28-31H2,1-7H3,(H2,61,68)(H,63,69)/t34-,43-,45-,47-,49+,57-/m0/s1. The van der Waals surface area contributed by atoms with Gasteiger partial charge < -0.3 is 41.0 Å². The number of amides is 4. The van der Waals surface area contributed by atoms with E-state index in [9.17, 15) is 24.0 Å². The zero-order valence-corrected chi connectivity index (χ0v) is 43.9. The predicted octanol–water partition coefficient (Wildman–Crippen LogP) is 9.23. The van der Waals surface area contributed by atoms with Gasteiger partial charge in [-0.15, -0.1) is 0 Å². The first-order valence-electron chi connectivity index (χ1n) is 25.0. The van der Waals surface area contributed by atoms with Crippen molar-refractivity contribution in [2.24, 2.45) is 22.5 Å². The van der Waals surface area contributed by atoms with Crippen LogP contribution in [0.4, 0.5) is 15.8 Å². The number of rotatable bonds is 11. The average Bonchev–Trinajstić information content (AvgIpc) is 3.52. The Bertz CT molecular complexity index is 2970. The van der Waals surface area contributed by atoms with Crippen molar-refractivity contribution >= 4 is 64.2 Å². The number of methoxy groups -OCH3 is 1. The number of esters is 1. The number of carbonyl (C=O) groups is 5. The summed E-state index contributed by atoms with van der Waals surface area (Å²) in [5.41, 5.74) is 8.92. The molecule has 5 aliphatic rings. The molecule has 6 atom stereocenters. The van der Waals surface area contributed by atoms with Crippen LogP contribution in [0.5, 0.6) is 5.75 Å². The van der Waals surface area contributed by atoms with Gasteiger partial charge in [0.25, 0.3) is 11.8 Å². The number of nitrogens with two attached hydrogens (primary N) is 1. The summed E-state index contributed by atoms with van der Waals surface area (Å²) in [6.45, 7) is 13.4. The molecule has 0 bridgehead atoms. The van der Waals surface area contributed by atoms with E-state index in [1.54, 1.807) is 63.2 Å². The molecule has 73 heavy (non-hydrogen) atoms. The second kappa shape index (κ2) is 19.6. The molecule has 1 aliphatic carbocycles. The number of benzene rings is 4. The fraction of sp³-hybridized carbons (Fsp3) is 0.456. The van der Waals surface area contributed by atoms with Gasteiger partial charge in [0.1, 0.15) is 23.2 Å². The monoisotopic (exact) mass is 1030 g/mol. The third-order valence-corrected chi connectivity index (χ3v) is 16.0. The second-order valence-electron chi connectivity index (χ2n) is 22.6. The molecular weight excluding hydrogens is 971 g/mol. The van der Waals surface area contributed by atoms with Gasteiger partial charge in [-0.2, -0.15) is 0 Å². The molecular formula is C57H63Cl2FN6O7. The van der Waals surface area contributed by atoms with Crippen molar-refractivity contribution in [2.75, 3.05) is 37.4 Å². The number of fused-ring (bicyclic) bond motifs is 3. The molecule has 0 aromatic heterocycles. The highest BCUT2D eigenvalue weighted by Crippen LogP contribution is 2.60. The SMILES string of the molecule is COc1cc(C(=O)N2CCC3(CC2)C[C@@H]3C#Cc2cccc3c2CN([C@@H](CCC(=O)OC(C)(C)C)C(N)=O)C3=O)ccc1NC(=O)[C@@H]1N[C@@H](CC(C)(C)C)[C@@]2(CNc3cc(Cl)ccc32)[C@H]1c1cccc(Cl)c1F. The minimum Gasteiger partial charge on any atom is -0.495 e. The van der Waals surface area contributed by atoms with Gasteiger partial charge in [0.05, 0.1) is 23.9 Å². The highest BCUT2D eigenvalue weighted by molar-refractivity contribution is 6.31. The molecule has 4 aromatic carbocycles. The van der Waals surface area contributed by atoms with E-state index in [0.29, 0.717) is 64.8 Å². The van der Waals surface area contributed by atoms with Crippen LogP contribution in [-0.2, 0) is 31.1 Å². The Hall–Kier alpha value is -6.14. The highest BCUT2D eigenvalue weighted by Gasteiger charge is 2.62. The van der Waals surface area contributed by atoms with E-state index in [2.05, 4.69) is 48.6 Å². The van der Waals surface area contributed by atoms with Gasteiger partial charge in [0, 0.05) is 83.3 Å². The van der Waals surface area contributed by atoms with Gasteiger partial charge >= 0.3 is 5.97 Å². The summed E-state index contributed by atoms with van der Waals surface area (Å²) in [5.74, 6) is 3.92. The lowest BCUT2D eigenvalue weighted by atomic mass is 9.63. The van der Waals surface area contributed by atoms with E-state index in [1.807, 2.05) is 29.2 Å². The van der Waals surface area contributed by atoms with Gasteiger partial charge in [-0.1, -0.05) is 80.1 Å². The van der Waals surface area contributed by atoms with Gasteiger partial charge in [-0.05, 0) is 129 Å². The Balaban J connectivity index is 0.869. The lowest BCUT2D eigenvalue weighted by Crippen LogP contribution is -2.46. The summed E-state index contributed by atoms with van der Waals surface area (Å²) in [6.07, 6.45) is 3.10. The van der Waals surface area contributed by atoms with Crippen LogP contribution in [0.1, 0.15) is 129 Å². The van der Waals surface area contributed by atoms with Gasteiger partial charge in [-0.25, -0.2) is 4.39 Å². The van der Waals surface area contributed by atoms with E-state index >= 15 is 4.39 Å². The Morgan fingerprint density at radius 1 is 0.986 bits per heavy atom. The number of anilines is 2. The first-order valence-corrected chi connectivity index (χ1v) is 25.8. The van der Waals surface area contributed by atoms with Crippen molar-refractivity contribution in [3.8, 4) is 17.6 Å². The molecule has 4 aromatic rings. The fourth-order valence-corrected chi connectivity index (χ4v) is 12.2. The van der Waals surface area contributed by atoms with Crippen molar-refractivity contribution in [3.05, 3.63) is 122 Å². The first-order chi connectivity index (χ1) is 34.5. The van der Waals surface area contributed by atoms with Gasteiger partial charge in [0.2, 0.25) is 11.8 Å². The molecule has 4 aliphatic heterocycles. The Morgan fingerprint density at radius 3 is 2.42 bits per heavy atom. The number of primary amides is 1. The molecule has 0 radical (unpaired) electrons. The maximum atomic E-state index is 16.4. The molecule has 16 heteroatoms. The van der Waals surface area contributed by atoms with Crippen molar-refractivity contribution in [3.63, 3.8) is 0 Å². The van der Waals surface area contributed by atoms with Crippen molar-refractivity contribution in [1.29, 1.82) is 0 Å². The van der Waals surface area contributed by atoms with Crippen LogP contribution in [0.2, 0.25) is 10.0 Å². The predicted molar refractivity (Wildman–Crippen MR) is 279 cm³/mol. The number of ether oxygens (including phenoxy) is 2. The van der Waals surface area contributed by atoms with Crippen LogP contribution >= 0.6 is 23.2 Å². The number of likely N-dealkylation sites (tertiary alicyclic amines) is 1. The molecule has 1 saturated carbocycles. The molecule has 384 valence electrons. The summed E-state index contributed by atoms with van der Waals surface area (Å²) in [4.78, 5) is 70.8. The largest absolute Gasteiger partial charge is 0.495 e. The molecule has 2 spiro atoms. The van der Waals surface area contributed by atoms with Crippen LogP contribution in [0.25, 0.3) is 0 Å². The second-order valence-corrected chi connectivity index (χ2v) is 23.4. The Labute approximate surface area is 436 Å². The minimum absolute atomic E-state index is 0.0254. The summed E-state index contributed by atoms with van der Waals surface area (Å²) in [7, 11) is 1.49. The lowest BCUT2D eigenvalue weighted by molar-refractivity contribution is -0.155. The third kappa shape index (κ3) is 10.1. The zero-order valence-electron chi connectivity index (χ0n) is 42.3. The summed E-state index contributed by atoms with van der Waals surface area (Å²) in [5, 5.41) is 10.8. The van der Waals surface area contributed by atoms with Crippen LogP contribution in [0.3, 0.4) is 0 Å². The summed E-state index contributed by atoms with van der Waals surface area (Å²) < 4.78 is 27.6. The average molecular weight is 1030 g/mol. The molecule has 5 N–H and O–H groups in total. The number of hydrogen-bond donors (Lipinski definition) is 4. The normalized spacial score (nSPS) is 23.0. The maximum Gasteiger partial charge on any atom is 0.306 e. The number of carbonyl (C=O) groups excluding carboxylic acids is 5. The smallest absolute Gasteiger partial charge is 0.306 e. The molecule has 9 rings (SSSR count). The Morgan fingerprint density at radius 2 is 1.73 bits per heavy atom. The fourth-order valence-electron chi connectivity index (χ4n) is 11.8. The topological polar surface area (TPSA) is 172 Å². The molecule has 4 amide bonds. The van der Waals surface area contributed by atoms with Crippen molar-refractivity contribution in [1.82, 2.24) is 15.1 Å². The van der Waals surface area contributed by atoms with Crippen LogP contribution in [0.15, 0.2) is 72.8 Å². The van der Waals surface area contributed by atoms with Crippen LogP contribution in [-0.4, -0.2) is 89.9 Å². The zero-order chi connectivity index (χ0) is 52.4. The third-order valence-electron chi connectivity index (χ3n) is 15.4. The highest BCUT2D eigenvalue weighted by atomic mass is 35.5. The lowest BCUT2D eigenvalue weighted by Gasteiger charge is -2.39. The van der Waals surface area contributed by atoms with E-state index in [1.165, 1.54) is 18.1 Å². The number of halogens is 3. The van der Waals surface area contributed by atoms with Gasteiger partial charge in [-0.3, -0.25) is 24.0 Å². The molecule has 13 nitrogen and oxygen atoms in total. The number of hydrogen-bond acceptors (Lipinski definition) is 9. The molecule has 2 saturated heterocycles. The maximum absolute atomic E-state index is 16.4. The van der Waals surface area contributed by atoms with E-state index in [4.69, 9.17) is 38.4 Å². The molecule has 4 heterocycles. The summed E-state index contributed by atoms with van der Waals surface area (Å²) in [6, 6.07) is 18.8. The van der Waals surface area contributed by atoms with E-state index in [0.717, 1.165) is 36.1 Å². The first kappa shape index (κ1) is 51.7. The minimum atomic E-state index is -0.982. The van der Waals surface area contributed by atoms with Crippen LogP contribution in [0, 0.1) is 34.4 Å². The quantitative estimate of drug-likeness (QED) is 0.0845. The van der Waals surface area contributed by atoms with Crippen molar-refractivity contribution < 1.29 is 37.8 Å². The Kier molecular flexibility index (Phi) is 13.9. The summed E-state index contributed by atoms with van der Waals surface area (Å²) >= 11 is 12.9. The number of nitrogens with zero attached hydrogens (tertiary/aromatic N) is 2. The van der Waals surface area contributed by atoms with E-state index in [-0.39, 0.29) is 64.9 Å². The van der Waals surface area contributed by atoms with Crippen LogP contribution < -0.4 is 26.4 Å². The van der Waals surface area contributed by atoms with Gasteiger partial charge in [0.15, 0.2) is 0 Å². The molecule has 3 fully saturated rings. The number of piperidine rings is 1.